The molecular formula is C15H24ClN3O. The Kier molecular flexibility index (Phi) is 5.96. The van der Waals surface area contributed by atoms with Crippen molar-refractivity contribution in [1.82, 2.24) is 15.2 Å². The van der Waals surface area contributed by atoms with Crippen LogP contribution in [0.15, 0.2) is 12.1 Å². The maximum Gasteiger partial charge on any atom is 0.251 e. The molecule has 1 aromatic rings. The van der Waals surface area contributed by atoms with Gasteiger partial charge in [-0.05, 0) is 39.2 Å². The lowest BCUT2D eigenvalue weighted by atomic mass is 9.91. The molecule has 0 aliphatic carbocycles. The predicted octanol–water partition coefficient (Wildman–Crippen LogP) is 2.71. The van der Waals surface area contributed by atoms with Crippen molar-refractivity contribution < 1.29 is 4.79 Å². The number of carbonyl (C=O) groups is 1. The smallest absolute Gasteiger partial charge is 0.251 e. The van der Waals surface area contributed by atoms with Crippen molar-refractivity contribution in [3.63, 3.8) is 0 Å². The molecule has 0 unspecified atom stereocenters. The van der Waals surface area contributed by atoms with E-state index in [1.807, 2.05) is 40.9 Å². The van der Waals surface area contributed by atoms with E-state index in [2.05, 4.69) is 15.2 Å². The molecule has 0 aromatic carbocycles. The van der Waals surface area contributed by atoms with E-state index in [4.69, 9.17) is 11.6 Å². The van der Waals surface area contributed by atoms with Crippen LogP contribution in [0.25, 0.3) is 0 Å². The van der Waals surface area contributed by atoms with Gasteiger partial charge < -0.3 is 10.2 Å². The minimum Gasteiger partial charge on any atom is -0.352 e. The minimum atomic E-state index is -0.134. The highest BCUT2D eigenvalue weighted by Crippen LogP contribution is 2.23. The summed E-state index contributed by atoms with van der Waals surface area (Å²) in [5.41, 5.74) is 1.26. The van der Waals surface area contributed by atoms with Crippen LogP contribution in [0.1, 0.15) is 43.2 Å². The Bertz CT molecular complexity index is 467. The molecule has 1 heterocycles. The van der Waals surface area contributed by atoms with Crippen LogP contribution >= 0.6 is 11.6 Å². The molecule has 4 nitrogen and oxygen atoms in total. The summed E-state index contributed by atoms with van der Waals surface area (Å²) in [5.74, 6) is -0.0986. The maximum absolute atomic E-state index is 12.1. The van der Waals surface area contributed by atoms with E-state index in [1.54, 1.807) is 6.07 Å². The van der Waals surface area contributed by atoms with Gasteiger partial charge in [0, 0.05) is 23.2 Å². The molecular weight excluding hydrogens is 274 g/mol. The van der Waals surface area contributed by atoms with E-state index in [0.29, 0.717) is 17.3 Å². The highest BCUT2D eigenvalue weighted by molar-refractivity contribution is 6.29. The molecule has 0 radical (unpaired) electrons. The zero-order valence-corrected chi connectivity index (χ0v) is 13.7. The van der Waals surface area contributed by atoms with Crippen molar-refractivity contribution in [3.8, 4) is 0 Å². The first-order valence-electron chi connectivity index (χ1n) is 6.81. The van der Waals surface area contributed by atoms with Crippen LogP contribution in [0.4, 0.5) is 0 Å². The van der Waals surface area contributed by atoms with Gasteiger partial charge in [0.1, 0.15) is 5.15 Å². The monoisotopic (exact) mass is 297 g/mol. The zero-order chi connectivity index (χ0) is 15.3. The SMILES string of the molecule is CN(C)CCCNC(=O)c1cc(Cl)nc(C(C)(C)C)c1. The fourth-order valence-corrected chi connectivity index (χ4v) is 1.92. The molecule has 1 N–H and O–H groups in total. The molecule has 1 amide bonds. The van der Waals surface area contributed by atoms with E-state index in [0.717, 1.165) is 18.7 Å². The number of aromatic nitrogens is 1. The Morgan fingerprint density at radius 2 is 2.00 bits per heavy atom. The van der Waals surface area contributed by atoms with Crippen molar-refractivity contribution >= 4 is 17.5 Å². The van der Waals surface area contributed by atoms with Crippen LogP contribution in [0.5, 0.6) is 0 Å². The predicted molar refractivity (Wildman–Crippen MR) is 83.5 cm³/mol. The van der Waals surface area contributed by atoms with Crippen LogP contribution in [0.2, 0.25) is 5.15 Å². The molecule has 0 saturated heterocycles. The van der Waals surface area contributed by atoms with Crippen molar-refractivity contribution in [2.75, 3.05) is 27.2 Å². The number of nitrogens with one attached hydrogen (secondary N) is 1. The molecule has 0 fully saturated rings. The molecule has 5 heteroatoms. The topological polar surface area (TPSA) is 45.2 Å². The molecule has 0 spiro atoms. The largest absolute Gasteiger partial charge is 0.352 e. The normalized spacial score (nSPS) is 11.8. The number of rotatable bonds is 5. The second-order valence-corrected chi connectivity index (χ2v) is 6.61. The van der Waals surface area contributed by atoms with E-state index in [-0.39, 0.29) is 11.3 Å². The Morgan fingerprint density at radius 3 is 2.55 bits per heavy atom. The van der Waals surface area contributed by atoms with Gasteiger partial charge in [0.25, 0.3) is 5.91 Å². The highest BCUT2D eigenvalue weighted by Gasteiger charge is 2.18. The van der Waals surface area contributed by atoms with Crippen molar-refractivity contribution in [2.24, 2.45) is 0 Å². The summed E-state index contributed by atoms with van der Waals surface area (Å²) in [6.07, 6.45) is 0.920. The average molecular weight is 298 g/mol. The number of pyridine rings is 1. The molecule has 1 rings (SSSR count). The van der Waals surface area contributed by atoms with Gasteiger partial charge in [-0.1, -0.05) is 32.4 Å². The van der Waals surface area contributed by atoms with Gasteiger partial charge in [0.05, 0.1) is 0 Å². The first-order chi connectivity index (χ1) is 9.20. The Labute approximate surface area is 126 Å². The molecule has 0 aliphatic rings. The van der Waals surface area contributed by atoms with E-state index in [9.17, 15) is 4.79 Å². The second kappa shape index (κ2) is 7.04. The zero-order valence-electron chi connectivity index (χ0n) is 13.0. The van der Waals surface area contributed by atoms with Crippen molar-refractivity contribution in [2.45, 2.75) is 32.6 Å². The maximum atomic E-state index is 12.1. The Hall–Kier alpha value is -1.13. The summed E-state index contributed by atoms with van der Waals surface area (Å²) in [6.45, 7) is 7.74. The van der Waals surface area contributed by atoms with Gasteiger partial charge in [0.2, 0.25) is 0 Å². The highest BCUT2D eigenvalue weighted by atomic mass is 35.5. The third-order valence-electron chi connectivity index (χ3n) is 2.89. The van der Waals surface area contributed by atoms with Crippen LogP contribution in [0.3, 0.4) is 0 Å². The molecule has 20 heavy (non-hydrogen) atoms. The van der Waals surface area contributed by atoms with E-state index >= 15 is 0 Å². The van der Waals surface area contributed by atoms with Gasteiger partial charge in [-0.3, -0.25) is 4.79 Å². The Balaban J connectivity index is 2.71. The van der Waals surface area contributed by atoms with Crippen LogP contribution in [-0.2, 0) is 5.41 Å². The molecule has 0 saturated carbocycles. The standard InChI is InChI=1S/C15H24ClN3O/c1-15(2,3)12-9-11(10-13(16)18-12)14(20)17-7-6-8-19(4)5/h9-10H,6-8H2,1-5H3,(H,17,20). The third-order valence-corrected chi connectivity index (χ3v) is 3.09. The summed E-state index contributed by atoms with van der Waals surface area (Å²) >= 11 is 6.01. The first kappa shape index (κ1) is 16.9. The number of amides is 1. The molecule has 0 bridgehead atoms. The van der Waals surface area contributed by atoms with Crippen molar-refractivity contribution in [3.05, 3.63) is 28.5 Å². The minimum absolute atomic E-state index is 0.0986. The fourth-order valence-electron chi connectivity index (χ4n) is 1.71. The number of hydrogen-bond acceptors (Lipinski definition) is 3. The second-order valence-electron chi connectivity index (χ2n) is 6.23. The summed E-state index contributed by atoms with van der Waals surface area (Å²) < 4.78 is 0. The first-order valence-corrected chi connectivity index (χ1v) is 7.19. The molecule has 0 atom stereocenters. The van der Waals surface area contributed by atoms with Crippen LogP contribution in [0, 0.1) is 0 Å². The number of carbonyl (C=O) groups excluding carboxylic acids is 1. The lowest BCUT2D eigenvalue weighted by molar-refractivity contribution is 0.0952. The number of hydrogen-bond donors (Lipinski definition) is 1. The molecule has 0 aliphatic heterocycles. The summed E-state index contributed by atoms with van der Waals surface area (Å²) in [6, 6.07) is 3.42. The van der Waals surface area contributed by atoms with Gasteiger partial charge in [0.15, 0.2) is 0 Å². The van der Waals surface area contributed by atoms with E-state index in [1.165, 1.54) is 0 Å². The summed E-state index contributed by atoms with van der Waals surface area (Å²) in [4.78, 5) is 18.5. The molecule has 1 aromatic heterocycles. The van der Waals surface area contributed by atoms with E-state index < -0.39 is 0 Å². The lowest BCUT2D eigenvalue weighted by Gasteiger charge is -2.18. The van der Waals surface area contributed by atoms with Crippen LogP contribution < -0.4 is 5.32 Å². The van der Waals surface area contributed by atoms with Gasteiger partial charge in [-0.25, -0.2) is 4.98 Å². The average Bonchev–Trinajstić information content (AvgIpc) is 2.32. The van der Waals surface area contributed by atoms with Gasteiger partial charge in [-0.15, -0.1) is 0 Å². The Morgan fingerprint density at radius 1 is 1.35 bits per heavy atom. The quantitative estimate of drug-likeness (QED) is 0.671. The van der Waals surface area contributed by atoms with Gasteiger partial charge in [-0.2, -0.15) is 0 Å². The number of halogens is 1. The third kappa shape index (κ3) is 5.47. The summed E-state index contributed by atoms with van der Waals surface area (Å²) in [5, 5.41) is 3.27. The fraction of sp³-hybridized carbons (Fsp3) is 0.600. The number of nitrogens with zero attached hydrogens (tertiary/aromatic N) is 2. The molecule has 112 valence electrons. The van der Waals surface area contributed by atoms with Crippen molar-refractivity contribution in [1.29, 1.82) is 0 Å². The lowest BCUT2D eigenvalue weighted by Crippen LogP contribution is -2.27. The summed E-state index contributed by atoms with van der Waals surface area (Å²) in [7, 11) is 4.03. The van der Waals surface area contributed by atoms with Crippen LogP contribution in [-0.4, -0.2) is 43.0 Å². The van der Waals surface area contributed by atoms with Gasteiger partial charge >= 0.3 is 0 Å².